The first kappa shape index (κ1) is 24.7. The third kappa shape index (κ3) is 5.32. The van der Waals surface area contributed by atoms with Gasteiger partial charge in [-0.05, 0) is 42.0 Å². The van der Waals surface area contributed by atoms with E-state index in [0.717, 1.165) is 22.3 Å². The average molecular weight is 481 g/mol. The zero-order valence-corrected chi connectivity index (χ0v) is 20.2. The smallest absolute Gasteiger partial charge is 0.407 e. The molecule has 2 aromatic carbocycles. The Balaban J connectivity index is 1.37. The molecule has 2 aliphatic rings. The lowest BCUT2D eigenvalue weighted by Crippen LogP contribution is -2.49. The minimum Gasteiger partial charge on any atom is -0.481 e. The number of nitrogens with one attached hydrogen (secondary N) is 2. The van der Waals surface area contributed by atoms with Crippen LogP contribution in [0.4, 0.5) is 4.79 Å². The second-order valence-corrected chi connectivity index (χ2v) is 9.43. The van der Waals surface area contributed by atoms with E-state index < -0.39 is 30.4 Å². The fourth-order valence-electron chi connectivity index (χ4n) is 5.20. The number of ether oxygens (including phenoxy) is 2. The van der Waals surface area contributed by atoms with Crippen molar-refractivity contribution in [2.75, 3.05) is 13.2 Å². The molecule has 8 nitrogen and oxygen atoms in total. The number of hydrogen-bond acceptors (Lipinski definition) is 5. The van der Waals surface area contributed by atoms with Crippen LogP contribution < -0.4 is 10.6 Å². The Hall–Kier alpha value is -3.39. The molecule has 0 bridgehead atoms. The number of aliphatic carboxylic acids is 1. The normalized spacial score (nSPS) is 23.7. The second-order valence-electron chi connectivity index (χ2n) is 9.43. The molecular formula is C27H32N2O6. The zero-order chi connectivity index (χ0) is 25.1. The summed E-state index contributed by atoms with van der Waals surface area (Å²) in [6, 6.07) is 14.7. The summed E-state index contributed by atoms with van der Waals surface area (Å²) in [5, 5.41) is 14.5. The molecule has 3 N–H and O–H groups in total. The Kier molecular flexibility index (Phi) is 7.40. The molecule has 0 spiro atoms. The van der Waals surface area contributed by atoms with Crippen LogP contribution in [0.2, 0.25) is 0 Å². The van der Waals surface area contributed by atoms with Crippen LogP contribution in [0.25, 0.3) is 11.1 Å². The van der Waals surface area contributed by atoms with E-state index in [1.165, 1.54) is 0 Å². The first-order chi connectivity index (χ1) is 16.8. The topological polar surface area (TPSA) is 114 Å². The van der Waals surface area contributed by atoms with E-state index >= 15 is 0 Å². The summed E-state index contributed by atoms with van der Waals surface area (Å²) in [6.07, 6.45) is -1.31. The van der Waals surface area contributed by atoms with Crippen LogP contribution in [0.1, 0.15) is 44.2 Å². The van der Waals surface area contributed by atoms with Gasteiger partial charge in [-0.25, -0.2) is 4.79 Å². The summed E-state index contributed by atoms with van der Waals surface area (Å²) in [4.78, 5) is 36.7. The van der Waals surface area contributed by atoms with Gasteiger partial charge in [0, 0.05) is 18.4 Å². The van der Waals surface area contributed by atoms with E-state index in [2.05, 4.69) is 17.6 Å². The van der Waals surface area contributed by atoms with Crippen LogP contribution in [0.3, 0.4) is 0 Å². The van der Waals surface area contributed by atoms with Crippen molar-refractivity contribution in [1.29, 1.82) is 0 Å². The molecule has 0 aromatic heterocycles. The van der Waals surface area contributed by atoms with Crippen LogP contribution in [0.5, 0.6) is 0 Å². The summed E-state index contributed by atoms with van der Waals surface area (Å²) >= 11 is 0. The molecule has 186 valence electrons. The summed E-state index contributed by atoms with van der Waals surface area (Å²) < 4.78 is 11.3. The molecule has 1 saturated heterocycles. The number of carboxylic acids is 1. The Bertz CT molecular complexity index is 1060. The summed E-state index contributed by atoms with van der Waals surface area (Å²) in [5.74, 6) is -1.53. The lowest BCUT2D eigenvalue weighted by Gasteiger charge is -2.22. The van der Waals surface area contributed by atoms with Crippen molar-refractivity contribution < 1.29 is 29.0 Å². The fourth-order valence-corrected chi connectivity index (χ4v) is 5.20. The molecule has 2 amide bonds. The Morgan fingerprint density at radius 1 is 0.971 bits per heavy atom. The largest absolute Gasteiger partial charge is 0.481 e. The number of carbonyl (C=O) groups is 3. The van der Waals surface area contributed by atoms with Crippen molar-refractivity contribution in [3.05, 3.63) is 59.7 Å². The van der Waals surface area contributed by atoms with Gasteiger partial charge in [-0.2, -0.15) is 0 Å². The third-order valence-electron chi connectivity index (χ3n) is 7.29. The molecule has 0 radical (unpaired) electrons. The maximum absolute atomic E-state index is 12.8. The third-order valence-corrected chi connectivity index (χ3v) is 7.29. The lowest BCUT2D eigenvalue weighted by molar-refractivity contribution is -0.139. The Morgan fingerprint density at radius 3 is 2.11 bits per heavy atom. The minimum atomic E-state index is -1.24. The van der Waals surface area contributed by atoms with Gasteiger partial charge in [-0.1, -0.05) is 55.5 Å². The SMILES string of the molecule is CC1OC(C)C(CNC(=O)C(CC(=O)O)NC(=O)OCC2c3ccccc3-c3ccccc32)C1C. The van der Waals surface area contributed by atoms with E-state index in [4.69, 9.17) is 9.47 Å². The Morgan fingerprint density at radius 2 is 1.57 bits per heavy atom. The first-order valence-corrected chi connectivity index (χ1v) is 12.0. The number of carboxylic acid groups (broad SMARTS) is 1. The van der Waals surface area contributed by atoms with Crippen molar-refractivity contribution in [3.8, 4) is 11.1 Å². The average Bonchev–Trinajstić information content (AvgIpc) is 3.28. The molecule has 5 unspecified atom stereocenters. The maximum atomic E-state index is 12.8. The molecule has 0 saturated carbocycles. The van der Waals surface area contributed by atoms with E-state index in [0.29, 0.717) is 6.54 Å². The van der Waals surface area contributed by atoms with Crippen molar-refractivity contribution >= 4 is 18.0 Å². The lowest BCUT2D eigenvalue weighted by atomic mass is 9.89. The number of fused-ring (bicyclic) bond motifs is 3. The molecule has 2 aromatic rings. The van der Waals surface area contributed by atoms with E-state index in [-0.39, 0.29) is 36.6 Å². The van der Waals surface area contributed by atoms with Crippen LogP contribution in [0.15, 0.2) is 48.5 Å². The van der Waals surface area contributed by atoms with Gasteiger partial charge in [-0.3, -0.25) is 9.59 Å². The van der Waals surface area contributed by atoms with Gasteiger partial charge < -0.3 is 25.2 Å². The number of alkyl carbamates (subject to hydrolysis) is 1. The molecule has 35 heavy (non-hydrogen) atoms. The minimum absolute atomic E-state index is 0.0201. The van der Waals surface area contributed by atoms with E-state index in [9.17, 15) is 19.5 Å². The van der Waals surface area contributed by atoms with Crippen molar-refractivity contribution in [2.45, 2.75) is 51.4 Å². The van der Waals surface area contributed by atoms with Crippen molar-refractivity contribution in [3.63, 3.8) is 0 Å². The van der Waals surface area contributed by atoms with Gasteiger partial charge in [0.15, 0.2) is 0 Å². The number of rotatable bonds is 8. The molecule has 8 heteroatoms. The number of carbonyl (C=O) groups excluding carboxylic acids is 2. The van der Waals surface area contributed by atoms with Crippen LogP contribution in [-0.4, -0.2) is 54.5 Å². The number of hydrogen-bond donors (Lipinski definition) is 3. The molecule has 5 atom stereocenters. The monoisotopic (exact) mass is 480 g/mol. The quantitative estimate of drug-likeness (QED) is 0.533. The second kappa shape index (κ2) is 10.5. The zero-order valence-electron chi connectivity index (χ0n) is 20.2. The predicted molar refractivity (Wildman–Crippen MR) is 130 cm³/mol. The highest BCUT2D eigenvalue weighted by Crippen LogP contribution is 2.44. The number of amides is 2. The standard InChI is InChI=1S/C27H32N2O6/c1-15-16(2)35-17(3)22(15)13-28-26(32)24(12-25(30)31)29-27(33)34-14-23-20-10-6-4-8-18(20)19-9-5-7-11-21(19)23/h4-11,15-17,22-24H,12-14H2,1-3H3,(H,28,32)(H,29,33)(H,30,31). The van der Waals surface area contributed by atoms with Crippen molar-refractivity contribution in [1.82, 2.24) is 10.6 Å². The highest BCUT2D eigenvalue weighted by Gasteiger charge is 2.37. The van der Waals surface area contributed by atoms with Gasteiger partial charge in [0.05, 0.1) is 18.6 Å². The van der Waals surface area contributed by atoms with Gasteiger partial charge >= 0.3 is 12.1 Å². The van der Waals surface area contributed by atoms with E-state index in [1.54, 1.807) is 0 Å². The predicted octanol–water partition coefficient (Wildman–Crippen LogP) is 3.54. The highest BCUT2D eigenvalue weighted by atomic mass is 16.5. The van der Waals surface area contributed by atoms with Crippen molar-refractivity contribution in [2.24, 2.45) is 11.8 Å². The first-order valence-electron chi connectivity index (χ1n) is 12.0. The van der Waals surface area contributed by atoms with Gasteiger partial charge in [0.25, 0.3) is 0 Å². The summed E-state index contributed by atoms with van der Waals surface area (Å²) in [5.41, 5.74) is 4.35. The van der Waals surface area contributed by atoms with Gasteiger partial charge in [0.2, 0.25) is 5.91 Å². The van der Waals surface area contributed by atoms with Crippen LogP contribution >= 0.6 is 0 Å². The number of benzene rings is 2. The highest BCUT2D eigenvalue weighted by molar-refractivity contribution is 5.89. The fraction of sp³-hybridized carbons (Fsp3) is 0.444. The molecular weight excluding hydrogens is 448 g/mol. The molecule has 1 aliphatic carbocycles. The molecule has 1 heterocycles. The molecule has 1 aliphatic heterocycles. The summed E-state index contributed by atoms with van der Waals surface area (Å²) in [7, 11) is 0. The summed E-state index contributed by atoms with van der Waals surface area (Å²) in [6.45, 7) is 6.44. The van der Waals surface area contributed by atoms with Gasteiger partial charge in [0.1, 0.15) is 12.6 Å². The van der Waals surface area contributed by atoms with Gasteiger partial charge in [-0.15, -0.1) is 0 Å². The molecule has 1 fully saturated rings. The van der Waals surface area contributed by atoms with Crippen LogP contribution in [0, 0.1) is 11.8 Å². The van der Waals surface area contributed by atoms with E-state index in [1.807, 2.05) is 62.4 Å². The molecule has 4 rings (SSSR count). The Labute approximate surface area is 205 Å². The maximum Gasteiger partial charge on any atom is 0.407 e. The van der Waals surface area contributed by atoms with Crippen LogP contribution in [-0.2, 0) is 19.1 Å².